The number of hydrazine groups is 1. The number of hydrogen-bond acceptors (Lipinski definition) is 4. The molecule has 0 saturated carbocycles. The molecule has 0 bridgehead atoms. The zero-order valence-corrected chi connectivity index (χ0v) is 15.8. The van der Waals surface area contributed by atoms with Gasteiger partial charge in [0.25, 0.3) is 5.91 Å². The van der Waals surface area contributed by atoms with Crippen molar-refractivity contribution in [3.05, 3.63) is 52.3 Å². The highest BCUT2D eigenvalue weighted by atomic mass is 16.5. The molecule has 142 valence electrons. The summed E-state index contributed by atoms with van der Waals surface area (Å²) < 4.78 is 5.34. The van der Waals surface area contributed by atoms with Gasteiger partial charge in [0.1, 0.15) is 5.69 Å². The van der Waals surface area contributed by atoms with Crippen LogP contribution in [0.15, 0.2) is 24.3 Å². The maximum atomic E-state index is 12.8. The molecule has 2 aromatic rings. The summed E-state index contributed by atoms with van der Waals surface area (Å²) in [6.07, 6.45) is 6.24. The summed E-state index contributed by atoms with van der Waals surface area (Å²) in [6.45, 7) is 4.80. The molecule has 1 aliphatic heterocycles. The average molecular weight is 366 g/mol. The van der Waals surface area contributed by atoms with Crippen molar-refractivity contribution in [2.45, 2.75) is 32.6 Å². The van der Waals surface area contributed by atoms with Crippen LogP contribution in [-0.4, -0.2) is 47.4 Å². The molecule has 2 aliphatic rings. The van der Waals surface area contributed by atoms with Crippen molar-refractivity contribution in [2.75, 3.05) is 26.3 Å². The van der Waals surface area contributed by atoms with Crippen molar-refractivity contribution in [3.63, 3.8) is 0 Å². The number of ether oxygens (including phenoxy) is 1. The molecule has 6 heteroatoms. The van der Waals surface area contributed by atoms with Gasteiger partial charge in [-0.05, 0) is 49.8 Å². The van der Waals surface area contributed by atoms with E-state index in [1.54, 1.807) is 0 Å². The number of carbonyl (C=O) groups excluding carboxylic acids is 1. The highest BCUT2D eigenvalue weighted by molar-refractivity contribution is 5.95. The molecule has 2 N–H and O–H groups in total. The van der Waals surface area contributed by atoms with E-state index in [-0.39, 0.29) is 5.91 Å². The van der Waals surface area contributed by atoms with Crippen LogP contribution in [0.4, 0.5) is 0 Å². The average Bonchev–Trinajstić information content (AvgIpc) is 3.01. The molecular weight excluding hydrogens is 340 g/mol. The number of aromatic nitrogens is 2. The van der Waals surface area contributed by atoms with Gasteiger partial charge >= 0.3 is 0 Å². The normalized spacial score (nSPS) is 19.5. The van der Waals surface area contributed by atoms with E-state index in [2.05, 4.69) is 52.9 Å². The van der Waals surface area contributed by atoms with E-state index in [0.717, 1.165) is 36.9 Å². The minimum Gasteiger partial charge on any atom is -0.379 e. The number of hydrogen-bond donors (Lipinski definition) is 2. The first-order valence-corrected chi connectivity index (χ1v) is 9.69. The number of fused-ring (bicyclic) bond motifs is 1. The van der Waals surface area contributed by atoms with Crippen molar-refractivity contribution in [1.29, 1.82) is 0 Å². The molecule has 1 aromatic heterocycles. The number of aromatic amines is 1. The summed E-state index contributed by atoms with van der Waals surface area (Å²) in [5, 5.41) is 9.44. The fraction of sp³-hybridized carbons (Fsp3) is 0.429. The Balaban J connectivity index is 1.59. The fourth-order valence-electron chi connectivity index (χ4n) is 3.68. The van der Waals surface area contributed by atoms with Crippen LogP contribution in [0.2, 0.25) is 0 Å². The van der Waals surface area contributed by atoms with E-state index in [4.69, 9.17) is 4.74 Å². The molecule has 6 nitrogen and oxygen atoms in total. The number of allylic oxidation sites excluding steroid dienone is 1. The minimum atomic E-state index is -0.109. The molecule has 4 rings (SSSR count). The number of aryl methyl sites for hydroxylation is 1. The summed E-state index contributed by atoms with van der Waals surface area (Å²) >= 11 is 0. The lowest BCUT2D eigenvalue weighted by Gasteiger charge is -2.26. The Labute approximate surface area is 159 Å². The van der Waals surface area contributed by atoms with E-state index in [1.807, 2.05) is 5.01 Å². The topological polar surface area (TPSA) is 70.2 Å². The molecule has 27 heavy (non-hydrogen) atoms. The molecule has 0 radical (unpaired) electrons. The van der Waals surface area contributed by atoms with Crippen LogP contribution in [-0.2, 0) is 11.2 Å². The lowest BCUT2D eigenvalue weighted by Crippen LogP contribution is -2.48. The third-order valence-electron chi connectivity index (χ3n) is 5.21. The van der Waals surface area contributed by atoms with Crippen LogP contribution in [0.5, 0.6) is 0 Å². The minimum absolute atomic E-state index is 0.109. The smallest absolute Gasteiger partial charge is 0.283 e. The van der Waals surface area contributed by atoms with Crippen LogP contribution >= 0.6 is 0 Å². The fourth-order valence-corrected chi connectivity index (χ4v) is 3.68. The molecular formula is C21H26N4O2. The van der Waals surface area contributed by atoms with Gasteiger partial charge in [-0.1, -0.05) is 29.8 Å². The largest absolute Gasteiger partial charge is 0.379 e. The molecule has 0 unspecified atom stereocenters. The first kappa shape index (κ1) is 17.9. The van der Waals surface area contributed by atoms with Crippen LogP contribution in [0.25, 0.3) is 11.6 Å². The van der Waals surface area contributed by atoms with Crippen molar-refractivity contribution in [1.82, 2.24) is 20.6 Å². The van der Waals surface area contributed by atoms with Gasteiger partial charge in [-0.25, -0.2) is 5.01 Å². The van der Waals surface area contributed by atoms with Crippen LogP contribution in [0.1, 0.15) is 52.1 Å². The molecule has 1 amide bonds. The van der Waals surface area contributed by atoms with Gasteiger partial charge < -0.3 is 4.74 Å². The van der Waals surface area contributed by atoms with Crippen LogP contribution in [0.3, 0.4) is 0 Å². The maximum Gasteiger partial charge on any atom is 0.283 e. The van der Waals surface area contributed by atoms with Crippen molar-refractivity contribution in [3.8, 4) is 0 Å². The van der Waals surface area contributed by atoms with E-state index in [1.165, 1.54) is 16.7 Å². The number of morpholine rings is 1. The van der Waals surface area contributed by atoms with Crippen molar-refractivity contribution in [2.24, 2.45) is 0 Å². The Morgan fingerprint density at radius 3 is 2.70 bits per heavy atom. The van der Waals surface area contributed by atoms with Gasteiger partial charge in [0.05, 0.1) is 18.9 Å². The van der Waals surface area contributed by atoms with Gasteiger partial charge in [-0.15, -0.1) is 0 Å². The second kappa shape index (κ2) is 8.06. The summed E-state index contributed by atoms with van der Waals surface area (Å²) in [7, 11) is 0. The predicted octanol–water partition coefficient (Wildman–Crippen LogP) is 2.96. The summed E-state index contributed by atoms with van der Waals surface area (Å²) in [5.41, 5.74) is 9.18. The molecule has 0 spiro atoms. The quantitative estimate of drug-likeness (QED) is 0.820. The number of nitrogens with zero attached hydrogens (tertiary/aromatic N) is 2. The number of benzene rings is 1. The van der Waals surface area contributed by atoms with Gasteiger partial charge in [0.15, 0.2) is 0 Å². The number of carbonyl (C=O) groups is 1. The number of nitrogens with one attached hydrogen (secondary N) is 2. The number of rotatable bonds is 3. The number of H-pyrrole nitrogens is 1. The number of amides is 1. The summed E-state index contributed by atoms with van der Waals surface area (Å²) in [5.74, 6) is -0.109. The summed E-state index contributed by atoms with van der Waals surface area (Å²) in [6, 6.07) is 8.50. The van der Waals surface area contributed by atoms with E-state index in [9.17, 15) is 4.79 Å². The Bertz CT molecular complexity index is 832. The monoisotopic (exact) mass is 366 g/mol. The molecule has 1 saturated heterocycles. The third-order valence-corrected chi connectivity index (χ3v) is 5.21. The third kappa shape index (κ3) is 4.12. The van der Waals surface area contributed by atoms with Gasteiger partial charge in [0.2, 0.25) is 0 Å². The van der Waals surface area contributed by atoms with E-state index >= 15 is 0 Å². The van der Waals surface area contributed by atoms with Gasteiger partial charge in [-0.3, -0.25) is 15.3 Å². The maximum absolute atomic E-state index is 12.8. The van der Waals surface area contributed by atoms with Crippen molar-refractivity contribution >= 4 is 17.6 Å². The lowest BCUT2D eigenvalue weighted by atomic mass is 10.0. The Morgan fingerprint density at radius 2 is 1.93 bits per heavy atom. The lowest BCUT2D eigenvalue weighted by molar-refractivity contribution is 0.0124. The van der Waals surface area contributed by atoms with Gasteiger partial charge in [-0.2, -0.15) is 5.10 Å². The van der Waals surface area contributed by atoms with Crippen LogP contribution in [0, 0.1) is 6.92 Å². The zero-order chi connectivity index (χ0) is 18.6. The van der Waals surface area contributed by atoms with Gasteiger partial charge in [0, 0.05) is 18.7 Å². The highest BCUT2D eigenvalue weighted by Crippen LogP contribution is 2.31. The first-order valence-electron chi connectivity index (χ1n) is 9.69. The van der Waals surface area contributed by atoms with Crippen LogP contribution < -0.4 is 5.43 Å². The second-order valence-corrected chi connectivity index (χ2v) is 7.25. The standard InChI is InChI=1S/C21H26N4O2/c1-15-6-8-16(9-7-15)14-17-4-2-3-5-18-19(17)22-23-20(18)21(26)24-25-10-12-27-13-11-25/h6-9,14H,2-5,10-13H2,1H3,(H,22,23)(H,24,26)/b17-14+. The zero-order valence-electron chi connectivity index (χ0n) is 15.8. The summed E-state index contributed by atoms with van der Waals surface area (Å²) in [4.78, 5) is 12.8. The van der Waals surface area contributed by atoms with E-state index < -0.39 is 0 Å². The Hall–Kier alpha value is -2.44. The highest BCUT2D eigenvalue weighted by Gasteiger charge is 2.24. The predicted molar refractivity (Wildman–Crippen MR) is 105 cm³/mol. The molecule has 1 fully saturated rings. The SMILES string of the molecule is Cc1ccc(/C=C2\CCCCc3c2n[nH]c3C(=O)NN2CCOCC2)cc1. The Morgan fingerprint density at radius 1 is 1.19 bits per heavy atom. The molecule has 2 heterocycles. The second-order valence-electron chi connectivity index (χ2n) is 7.25. The Kier molecular flexibility index (Phi) is 5.36. The molecule has 1 aliphatic carbocycles. The molecule has 0 atom stereocenters. The first-order chi connectivity index (χ1) is 13.2. The molecule has 1 aromatic carbocycles. The van der Waals surface area contributed by atoms with Crippen molar-refractivity contribution < 1.29 is 9.53 Å². The van der Waals surface area contributed by atoms with E-state index in [0.29, 0.717) is 32.0 Å².